The first-order valence-electron chi connectivity index (χ1n) is 9.90. The van der Waals surface area contributed by atoms with E-state index < -0.39 is 32.9 Å². The van der Waals surface area contributed by atoms with Gasteiger partial charge in [0.05, 0.1) is 5.75 Å². The third kappa shape index (κ3) is 5.10. The SMILES string of the molecule is Cc1cc(CNC(=O)c2nc(CCN3CCCCS3(=O)=O)n(C)c(=O)c2O)ccc1F. The number of carbonyl (C=O) groups excluding carboxylic acids is 1. The van der Waals surface area contributed by atoms with E-state index in [2.05, 4.69) is 10.3 Å². The van der Waals surface area contributed by atoms with E-state index in [-0.39, 0.29) is 36.9 Å². The molecule has 1 aromatic carbocycles. The van der Waals surface area contributed by atoms with Gasteiger partial charge in [-0.05, 0) is 37.0 Å². The van der Waals surface area contributed by atoms with Gasteiger partial charge in [0.1, 0.15) is 11.6 Å². The summed E-state index contributed by atoms with van der Waals surface area (Å²) in [5, 5.41) is 12.7. The molecule has 2 N–H and O–H groups in total. The monoisotopic (exact) mass is 452 g/mol. The van der Waals surface area contributed by atoms with E-state index in [9.17, 15) is 27.5 Å². The molecule has 1 aliphatic rings. The van der Waals surface area contributed by atoms with Gasteiger partial charge in [-0.1, -0.05) is 12.1 Å². The van der Waals surface area contributed by atoms with Crippen LogP contribution in [-0.4, -0.2) is 52.1 Å². The highest BCUT2D eigenvalue weighted by atomic mass is 32.2. The number of aryl methyl sites for hydroxylation is 1. The van der Waals surface area contributed by atoms with Crippen LogP contribution < -0.4 is 10.9 Å². The number of hydrogen-bond donors (Lipinski definition) is 2. The highest BCUT2D eigenvalue weighted by Gasteiger charge is 2.26. The summed E-state index contributed by atoms with van der Waals surface area (Å²) in [7, 11) is -1.93. The fourth-order valence-electron chi connectivity index (χ4n) is 3.42. The molecule has 31 heavy (non-hydrogen) atoms. The first kappa shape index (κ1) is 22.9. The Hall–Kier alpha value is -2.79. The van der Waals surface area contributed by atoms with E-state index in [4.69, 9.17) is 0 Å². The predicted octanol–water partition coefficient (Wildman–Crippen LogP) is 0.832. The number of amides is 1. The van der Waals surface area contributed by atoms with Gasteiger partial charge in [0, 0.05) is 33.1 Å². The maximum absolute atomic E-state index is 13.4. The summed E-state index contributed by atoms with van der Waals surface area (Å²) < 4.78 is 40.2. The average Bonchev–Trinajstić information content (AvgIpc) is 2.73. The number of aromatic hydroxyl groups is 1. The fraction of sp³-hybridized carbons (Fsp3) is 0.450. The zero-order chi connectivity index (χ0) is 22.8. The second-order valence-electron chi connectivity index (χ2n) is 7.53. The lowest BCUT2D eigenvalue weighted by molar-refractivity contribution is 0.0941. The summed E-state index contributed by atoms with van der Waals surface area (Å²) in [4.78, 5) is 29.1. The van der Waals surface area contributed by atoms with E-state index in [0.29, 0.717) is 24.1 Å². The Kier molecular flexibility index (Phi) is 6.75. The number of hydrogen-bond acceptors (Lipinski definition) is 6. The molecule has 0 aliphatic carbocycles. The number of sulfonamides is 1. The minimum Gasteiger partial charge on any atom is -0.501 e. The maximum atomic E-state index is 13.4. The minimum absolute atomic E-state index is 0.0532. The maximum Gasteiger partial charge on any atom is 0.296 e. The van der Waals surface area contributed by atoms with Crippen molar-refractivity contribution < 1.29 is 22.7 Å². The molecular weight excluding hydrogens is 427 g/mol. The molecule has 1 amide bonds. The predicted molar refractivity (Wildman–Crippen MR) is 112 cm³/mol. The van der Waals surface area contributed by atoms with E-state index in [1.807, 2.05) is 0 Å². The van der Waals surface area contributed by atoms with Gasteiger partial charge in [-0.2, -0.15) is 0 Å². The lowest BCUT2D eigenvalue weighted by Gasteiger charge is -2.26. The molecule has 0 unspecified atom stereocenters. The molecule has 2 aromatic rings. The fourth-order valence-corrected chi connectivity index (χ4v) is 5.02. The minimum atomic E-state index is -3.33. The second-order valence-corrected chi connectivity index (χ2v) is 9.62. The highest BCUT2D eigenvalue weighted by molar-refractivity contribution is 7.89. The summed E-state index contributed by atoms with van der Waals surface area (Å²) in [5.74, 6) is -1.63. The van der Waals surface area contributed by atoms with Gasteiger partial charge in [0.25, 0.3) is 11.5 Å². The smallest absolute Gasteiger partial charge is 0.296 e. The molecule has 0 atom stereocenters. The molecule has 0 bridgehead atoms. The van der Waals surface area contributed by atoms with Crippen LogP contribution in [0, 0.1) is 12.7 Å². The van der Waals surface area contributed by atoms with Crippen LogP contribution in [-0.2, 0) is 30.0 Å². The molecule has 0 saturated carbocycles. The van der Waals surface area contributed by atoms with Gasteiger partial charge in [-0.15, -0.1) is 0 Å². The first-order chi connectivity index (χ1) is 14.6. The third-order valence-electron chi connectivity index (χ3n) is 5.29. The number of nitrogens with zero attached hydrogens (tertiary/aromatic N) is 3. The van der Waals surface area contributed by atoms with Gasteiger partial charge in [0.2, 0.25) is 15.8 Å². The number of benzene rings is 1. The quantitative estimate of drug-likeness (QED) is 0.670. The molecule has 11 heteroatoms. The summed E-state index contributed by atoms with van der Waals surface area (Å²) in [6.45, 7) is 2.18. The number of halogens is 1. The Balaban J connectivity index is 1.77. The Labute approximate surface area is 179 Å². The Bertz CT molecular complexity index is 1160. The lowest BCUT2D eigenvalue weighted by Crippen LogP contribution is -2.40. The van der Waals surface area contributed by atoms with E-state index in [1.54, 1.807) is 13.0 Å². The molecule has 1 saturated heterocycles. The van der Waals surface area contributed by atoms with Crippen LogP contribution in [0.1, 0.15) is 40.3 Å². The van der Waals surface area contributed by atoms with Crippen molar-refractivity contribution in [2.24, 2.45) is 7.05 Å². The number of rotatable bonds is 6. The van der Waals surface area contributed by atoms with Crippen LogP contribution >= 0.6 is 0 Å². The van der Waals surface area contributed by atoms with Crippen LogP contribution in [0.2, 0.25) is 0 Å². The molecule has 1 aliphatic heterocycles. The number of carbonyl (C=O) groups is 1. The van der Waals surface area contributed by atoms with E-state index >= 15 is 0 Å². The van der Waals surface area contributed by atoms with E-state index in [0.717, 1.165) is 11.0 Å². The Morgan fingerprint density at radius 3 is 2.74 bits per heavy atom. The Morgan fingerprint density at radius 1 is 1.32 bits per heavy atom. The van der Waals surface area contributed by atoms with Crippen LogP contribution in [0.5, 0.6) is 5.75 Å². The zero-order valence-corrected chi connectivity index (χ0v) is 18.2. The topological polar surface area (TPSA) is 122 Å². The number of nitrogens with one attached hydrogen (secondary N) is 1. The molecule has 168 valence electrons. The third-order valence-corrected chi connectivity index (χ3v) is 7.24. The van der Waals surface area contributed by atoms with Crippen LogP contribution in [0.3, 0.4) is 0 Å². The van der Waals surface area contributed by atoms with Gasteiger partial charge < -0.3 is 10.4 Å². The van der Waals surface area contributed by atoms with Gasteiger partial charge >= 0.3 is 0 Å². The van der Waals surface area contributed by atoms with Crippen molar-refractivity contribution in [1.29, 1.82) is 0 Å². The molecule has 2 heterocycles. The van der Waals surface area contributed by atoms with E-state index in [1.165, 1.54) is 23.5 Å². The normalized spacial score (nSPS) is 16.2. The van der Waals surface area contributed by atoms with Crippen molar-refractivity contribution >= 4 is 15.9 Å². The molecule has 1 fully saturated rings. The van der Waals surface area contributed by atoms with Crippen LogP contribution in [0.15, 0.2) is 23.0 Å². The standard InChI is InChI=1S/C20H25FN4O5S/c1-13-11-14(5-6-15(13)21)12-22-19(27)17-18(26)20(28)24(2)16(23-17)7-9-25-8-3-4-10-31(25,29)30/h5-6,11,26H,3-4,7-10,12H2,1-2H3,(H,22,27). The van der Waals surface area contributed by atoms with Gasteiger partial charge in [-0.3, -0.25) is 14.2 Å². The van der Waals surface area contributed by atoms with Crippen LogP contribution in [0.25, 0.3) is 0 Å². The van der Waals surface area contributed by atoms with Crippen molar-refractivity contribution in [3.05, 3.63) is 57.0 Å². The average molecular weight is 453 g/mol. The van der Waals surface area contributed by atoms with Crippen molar-refractivity contribution in [3.8, 4) is 5.75 Å². The summed E-state index contributed by atoms with van der Waals surface area (Å²) >= 11 is 0. The molecule has 3 rings (SSSR count). The number of aromatic nitrogens is 2. The molecule has 0 radical (unpaired) electrons. The van der Waals surface area contributed by atoms with Crippen molar-refractivity contribution in [1.82, 2.24) is 19.2 Å². The van der Waals surface area contributed by atoms with Crippen molar-refractivity contribution in [2.75, 3.05) is 18.8 Å². The molecule has 0 spiro atoms. The summed E-state index contributed by atoms with van der Waals surface area (Å²) in [6, 6.07) is 4.39. The van der Waals surface area contributed by atoms with Crippen LogP contribution in [0.4, 0.5) is 4.39 Å². The summed E-state index contributed by atoms with van der Waals surface area (Å²) in [5.41, 5.74) is -0.157. The largest absolute Gasteiger partial charge is 0.501 e. The zero-order valence-electron chi connectivity index (χ0n) is 17.4. The molecule has 9 nitrogen and oxygen atoms in total. The Morgan fingerprint density at radius 2 is 2.06 bits per heavy atom. The second kappa shape index (κ2) is 9.15. The molecule has 1 aromatic heterocycles. The van der Waals surface area contributed by atoms with Crippen molar-refractivity contribution in [3.63, 3.8) is 0 Å². The van der Waals surface area contributed by atoms with Gasteiger partial charge in [0.15, 0.2) is 5.69 Å². The lowest BCUT2D eigenvalue weighted by atomic mass is 10.1. The highest BCUT2D eigenvalue weighted by Crippen LogP contribution is 2.15. The van der Waals surface area contributed by atoms with Gasteiger partial charge in [-0.25, -0.2) is 22.1 Å². The first-order valence-corrected chi connectivity index (χ1v) is 11.5. The van der Waals surface area contributed by atoms with Crippen molar-refractivity contribution in [2.45, 2.75) is 32.7 Å². The summed E-state index contributed by atoms with van der Waals surface area (Å²) in [6.07, 6.45) is 1.49. The molecular formula is C20H25FN4O5S.